The van der Waals surface area contributed by atoms with E-state index in [2.05, 4.69) is 38.2 Å². The molecule has 0 aromatic carbocycles. The fourth-order valence-electron chi connectivity index (χ4n) is 6.87. The van der Waals surface area contributed by atoms with E-state index < -0.39 is 61.3 Å². The molecule has 0 saturated carbocycles. The number of aliphatic hydroxyl groups excluding tert-OH is 3. The van der Waals surface area contributed by atoms with Gasteiger partial charge in [-0.25, -0.2) is 4.79 Å². The summed E-state index contributed by atoms with van der Waals surface area (Å²) in [5, 5.41) is 39.8. The number of aliphatic hydroxyl groups is 3. The van der Waals surface area contributed by atoms with Crippen LogP contribution in [0.4, 0.5) is 0 Å². The highest BCUT2D eigenvalue weighted by Crippen LogP contribution is 2.23. The molecule has 57 heavy (non-hydrogen) atoms. The van der Waals surface area contributed by atoms with E-state index in [1.54, 1.807) is 0 Å². The molecule has 11 heteroatoms. The van der Waals surface area contributed by atoms with Crippen molar-refractivity contribution in [1.29, 1.82) is 0 Å². The minimum Gasteiger partial charge on any atom is -0.479 e. The van der Waals surface area contributed by atoms with Crippen molar-refractivity contribution in [2.45, 2.75) is 237 Å². The first-order valence-electron chi connectivity index (χ1n) is 22.9. The Hall–Kier alpha value is -2.31. The molecule has 0 bridgehead atoms. The number of hydrogen-bond donors (Lipinski definition) is 4. The molecule has 0 radical (unpaired) electrons. The van der Waals surface area contributed by atoms with E-state index in [0.717, 1.165) is 64.2 Å². The third kappa shape index (κ3) is 28.7. The summed E-state index contributed by atoms with van der Waals surface area (Å²) in [6.45, 7) is 3.79. The lowest BCUT2D eigenvalue weighted by atomic mass is 9.99. The fourth-order valence-corrected chi connectivity index (χ4v) is 6.87. The summed E-state index contributed by atoms with van der Waals surface area (Å²) in [6.07, 6.45) is 30.8. The molecule has 1 heterocycles. The van der Waals surface area contributed by atoms with E-state index >= 15 is 0 Å². The Balaban J connectivity index is 2.36. The van der Waals surface area contributed by atoms with Gasteiger partial charge in [0.15, 0.2) is 18.5 Å². The van der Waals surface area contributed by atoms with Crippen LogP contribution in [-0.2, 0) is 33.3 Å². The molecule has 1 aliphatic rings. The summed E-state index contributed by atoms with van der Waals surface area (Å²) in [4.78, 5) is 36.8. The molecule has 6 atom stereocenters. The van der Waals surface area contributed by atoms with Crippen molar-refractivity contribution in [1.82, 2.24) is 0 Å². The molecule has 0 aromatic rings. The summed E-state index contributed by atoms with van der Waals surface area (Å²) in [5.74, 6) is -2.45. The van der Waals surface area contributed by atoms with Crippen LogP contribution in [0.25, 0.3) is 0 Å². The van der Waals surface area contributed by atoms with Crippen LogP contribution in [0.15, 0.2) is 24.3 Å². The van der Waals surface area contributed by atoms with Crippen LogP contribution < -0.4 is 0 Å². The quantitative estimate of drug-likeness (QED) is 0.0266. The molecule has 0 aromatic heterocycles. The van der Waals surface area contributed by atoms with Crippen molar-refractivity contribution < 1.29 is 53.8 Å². The molecule has 0 amide bonds. The second-order valence-corrected chi connectivity index (χ2v) is 15.9. The fraction of sp³-hybridized carbons (Fsp3) is 0.848. The summed E-state index contributed by atoms with van der Waals surface area (Å²) in [5.41, 5.74) is 0. The maximum absolute atomic E-state index is 12.8. The first kappa shape index (κ1) is 52.7. The maximum Gasteiger partial charge on any atom is 0.335 e. The Kier molecular flexibility index (Phi) is 34.0. The molecule has 6 unspecified atom stereocenters. The van der Waals surface area contributed by atoms with Crippen LogP contribution >= 0.6 is 0 Å². The number of rotatable bonds is 38. The van der Waals surface area contributed by atoms with Gasteiger partial charge in [0.1, 0.15) is 24.9 Å². The SMILES string of the molecule is CCCCCCC/C=C\CCCCCCCC(=O)OC(COC(=O)CCCCCCCCC/C=C\CCCCCCCC)COC1OC(C(=O)O)C(O)C(O)C1O. The normalized spacial score (nSPS) is 20.3. The zero-order chi connectivity index (χ0) is 41.8. The monoisotopic (exact) mass is 811 g/mol. The topological polar surface area (TPSA) is 169 Å². The summed E-state index contributed by atoms with van der Waals surface area (Å²) < 4.78 is 21.7. The standard InChI is InChI=1S/C46H82O11/c1-3-5-7-9-11-13-15-17-19-20-21-23-24-26-28-30-32-34-39(47)54-36-38(37-55-46-43(51)41(49)42(50)44(57-46)45(52)53)56-40(48)35-33-31-29-27-25-22-18-16-14-12-10-8-6-4-2/h16-19,38,41-44,46,49-51H,3-15,20-37H2,1-2H3,(H,52,53)/b18-16-,19-17-. The average molecular weight is 811 g/mol. The van der Waals surface area contributed by atoms with Crippen LogP contribution in [0.5, 0.6) is 0 Å². The molecule has 11 nitrogen and oxygen atoms in total. The third-order valence-electron chi connectivity index (χ3n) is 10.5. The summed E-state index contributed by atoms with van der Waals surface area (Å²) >= 11 is 0. The van der Waals surface area contributed by atoms with E-state index in [9.17, 15) is 34.8 Å². The Bertz CT molecular complexity index is 1050. The number of unbranched alkanes of at least 4 members (excludes halogenated alkanes) is 23. The van der Waals surface area contributed by atoms with Crippen LogP contribution in [-0.4, -0.2) is 88.4 Å². The zero-order valence-electron chi connectivity index (χ0n) is 35.8. The van der Waals surface area contributed by atoms with Gasteiger partial charge >= 0.3 is 17.9 Å². The Labute approximate surface area is 345 Å². The molecule has 1 rings (SSSR count). The molecule has 0 aliphatic carbocycles. The minimum absolute atomic E-state index is 0.173. The molecule has 1 saturated heterocycles. The van der Waals surface area contributed by atoms with E-state index in [1.807, 2.05) is 0 Å². The van der Waals surface area contributed by atoms with Crippen LogP contribution in [0.3, 0.4) is 0 Å². The predicted octanol–water partition coefficient (Wildman–Crippen LogP) is 9.82. The Morgan fingerprint density at radius 1 is 0.526 bits per heavy atom. The van der Waals surface area contributed by atoms with E-state index in [1.165, 1.54) is 96.3 Å². The number of aliphatic carboxylic acids is 1. The van der Waals surface area contributed by atoms with Gasteiger partial charge in [-0.1, -0.05) is 147 Å². The van der Waals surface area contributed by atoms with Crippen LogP contribution in [0, 0.1) is 0 Å². The molecule has 332 valence electrons. The number of carboxylic acid groups (broad SMARTS) is 1. The number of allylic oxidation sites excluding steroid dienone is 4. The molecule has 1 fully saturated rings. The summed E-state index contributed by atoms with van der Waals surface area (Å²) in [6, 6.07) is 0. The van der Waals surface area contributed by atoms with Gasteiger partial charge < -0.3 is 39.4 Å². The van der Waals surface area contributed by atoms with Crippen molar-refractivity contribution in [2.24, 2.45) is 0 Å². The lowest BCUT2D eigenvalue weighted by Crippen LogP contribution is -2.60. The smallest absolute Gasteiger partial charge is 0.335 e. The zero-order valence-corrected chi connectivity index (χ0v) is 35.8. The third-order valence-corrected chi connectivity index (χ3v) is 10.5. The van der Waals surface area contributed by atoms with Crippen molar-refractivity contribution in [3.05, 3.63) is 24.3 Å². The van der Waals surface area contributed by atoms with E-state index in [0.29, 0.717) is 12.8 Å². The number of ether oxygens (including phenoxy) is 4. The molecule has 0 spiro atoms. The Morgan fingerprint density at radius 3 is 1.37 bits per heavy atom. The van der Waals surface area contributed by atoms with Gasteiger partial charge in [-0.2, -0.15) is 0 Å². The predicted molar refractivity (Wildman–Crippen MR) is 225 cm³/mol. The summed E-state index contributed by atoms with van der Waals surface area (Å²) in [7, 11) is 0. The first-order chi connectivity index (χ1) is 27.7. The van der Waals surface area contributed by atoms with E-state index in [-0.39, 0.29) is 19.4 Å². The Morgan fingerprint density at radius 2 is 0.930 bits per heavy atom. The van der Waals surface area contributed by atoms with Crippen molar-refractivity contribution >= 4 is 17.9 Å². The second-order valence-electron chi connectivity index (χ2n) is 15.9. The molecule has 4 N–H and O–H groups in total. The largest absolute Gasteiger partial charge is 0.479 e. The van der Waals surface area contributed by atoms with Gasteiger partial charge in [0, 0.05) is 12.8 Å². The van der Waals surface area contributed by atoms with Crippen LogP contribution in [0.2, 0.25) is 0 Å². The lowest BCUT2D eigenvalue weighted by Gasteiger charge is -2.38. The van der Waals surface area contributed by atoms with Gasteiger partial charge in [0.05, 0.1) is 6.61 Å². The van der Waals surface area contributed by atoms with E-state index in [4.69, 9.17) is 18.9 Å². The maximum atomic E-state index is 12.8. The number of carbonyl (C=O) groups excluding carboxylic acids is 2. The van der Waals surface area contributed by atoms with Crippen molar-refractivity contribution in [3.63, 3.8) is 0 Å². The van der Waals surface area contributed by atoms with Crippen LogP contribution in [0.1, 0.15) is 200 Å². The number of carbonyl (C=O) groups is 3. The first-order valence-corrected chi connectivity index (χ1v) is 22.9. The number of hydrogen-bond acceptors (Lipinski definition) is 10. The van der Waals surface area contributed by atoms with Gasteiger partial charge in [-0.05, 0) is 64.2 Å². The highest BCUT2D eigenvalue weighted by Gasteiger charge is 2.47. The molecular formula is C46H82O11. The van der Waals surface area contributed by atoms with Crippen molar-refractivity contribution in [2.75, 3.05) is 13.2 Å². The molecule has 1 aliphatic heterocycles. The van der Waals surface area contributed by atoms with Gasteiger partial charge in [-0.15, -0.1) is 0 Å². The number of carboxylic acids is 1. The highest BCUT2D eigenvalue weighted by atomic mass is 16.7. The number of esters is 2. The minimum atomic E-state index is -1.86. The highest BCUT2D eigenvalue weighted by molar-refractivity contribution is 5.73. The second kappa shape index (κ2) is 36.7. The van der Waals surface area contributed by atoms with Gasteiger partial charge in [0.2, 0.25) is 0 Å². The van der Waals surface area contributed by atoms with Gasteiger partial charge in [-0.3, -0.25) is 9.59 Å². The molecular weight excluding hydrogens is 728 g/mol. The average Bonchev–Trinajstić information content (AvgIpc) is 3.19. The van der Waals surface area contributed by atoms with Gasteiger partial charge in [0.25, 0.3) is 0 Å². The lowest BCUT2D eigenvalue weighted by molar-refractivity contribution is -0.298. The van der Waals surface area contributed by atoms with Crippen molar-refractivity contribution in [3.8, 4) is 0 Å².